The van der Waals surface area contributed by atoms with Crippen LogP contribution < -0.4 is 14.8 Å². The van der Waals surface area contributed by atoms with Crippen LogP contribution in [-0.4, -0.2) is 19.1 Å². The molecule has 0 aromatic heterocycles. The second-order valence-electron chi connectivity index (χ2n) is 5.94. The smallest absolute Gasteiger partial charge is 0.387 e. The van der Waals surface area contributed by atoms with Crippen molar-refractivity contribution < 1.29 is 23.0 Å². The Hall–Kier alpha value is -3.41. The minimum Gasteiger partial charge on any atom is -0.457 e. The van der Waals surface area contributed by atoms with E-state index in [0.717, 1.165) is 5.56 Å². The highest BCUT2D eigenvalue weighted by Gasteiger charge is 2.12. The van der Waals surface area contributed by atoms with Crippen LogP contribution in [0, 0.1) is 0 Å². The molecule has 1 N–H and O–H groups in total. The highest BCUT2D eigenvalue weighted by atomic mass is 19.3. The van der Waals surface area contributed by atoms with Crippen LogP contribution in [-0.2, 0) is 6.42 Å². The van der Waals surface area contributed by atoms with Gasteiger partial charge >= 0.3 is 6.61 Å². The molecule has 3 rings (SSSR count). The maximum absolute atomic E-state index is 12.5. The van der Waals surface area contributed by atoms with Gasteiger partial charge in [0.05, 0.1) is 5.56 Å². The van der Waals surface area contributed by atoms with Gasteiger partial charge < -0.3 is 14.8 Å². The first-order chi connectivity index (χ1) is 13.6. The molecular weight excluding hydrogens is 364 g/mol. The predicted octanol–water partition coefficient (Wildman–Crippen LogP) is 5.05. The maximum atomic E-state index is 12.5. The lowest BCUT2D eigenvalue weighted by Crippen LogP contribution is -2.26. The number of hydrogen-bond donors (Lipinski definition) is 1. The Morgan fingerprint density at radius 2 is 1.54 bits per heavy atom. The Balaban J connectivity index is 1.56. The Bertz CT molecular complexity index is 899. The highest BCUT2D eigenvalue weighted by molar-refractivity contribution is 5.97. The lowest BCUT2D eigenvalue weighted by molar-refractivity contribution is -0.0498. The van der Waals surface area contributed by atoms with Crippen molar-refractivity contribution in [3.63, 3.8) is 0 Å². The second kappa shape index (κ2) is 9.50. The Morgan fingerprint density at radius 3 is 2.25 bits per heavy atom. The molecule has 28 heavy (non-hydrogen) atoms. The van der Waals surface area contributed by atoms with E-state index in [9.17, 15) is 13.6 Å². The van der Waals surface area contributed by atoms with Crippen LogP contribution in [0.4, 0.5) is 8.78 Å². The maximum Gasteiger partial charge on any atom is 0.387 e. The summed E-state index contributed by atoms with van der Waals surface area (Å²) in [5.74, 6) is 0.979. The van der Waals surface area contributed by atoms with E-state index in [4.69, 9.17) is 4.74 Å². The Labute approximate surface area is 161 Å². The lowest BCUT2D eigenvalue weighted by atomic mass is 10.1. The van der Waals surface area contributed by atoms with Crippen molar-refractivity contribution >= 4 is 5.91 Å². The zero-order valence-corrected chi connectivity index (χ0v) is 15.0. The molecule has 0 fully saturated rings. The summed E-state index contributed by atoms with van der Waals surface area (Å²) in [4.78, 5) is 12.5. The second-order valence-corrected chi connectivity index (χ2v) is 5.94. The summed E-state index contributed by atoms with van der Waals surface area (Å²) in [6, 6.07) is 22.6. The third-order valence-electron chi connectivity index (χ3n) is 3.95. The minimum absolute atomic E-state index is 0.106. The van der Waals surface area contributed by atoms with Crippen molar-refractivity contribution in [2.75, 3.05) is 6.54 Å². The Morgan fingerprint density at radius 1 is 0.857 bits per heavy atom. The molecule has 1 amide bonds. The number of halogens is 2. The fourth-order valence-electron chi connectivity index (χ4n) is 2.61. The topological polar surface area (TPSA) is 47.6 Å². The zero-order chi connectivity index (χ0) is 19.8. The first-order valence-electron chi connectivity index (χ1n) is 8.76. The summed E-state index contributed by atoms with van der Waals surface area (Å²) < 4.78 is 34.4. The quantitative estimate of drug-likeness (QED) is 0.592. The molecule has 0 heterocycles. The number of hydrogen-bond acceptors (Lipinski definition) is 3. The summed E-state index contributed by atoms with van der Waals surface area (Å²) in [5.41, 5.74) is 1.34. The first kappa shape index (κ1) is 19.4. The number of alkyl halides is 2. The van der Waals surface area contributed by atoms with Crippen molar-refractivity contribution in [3.05, 3.63) is 90.0 Å². The molecular formula is C22H19F2NO3. The first-order valence-corrected chi connectivity index (χ1v) is 8.76. The van der Waals surface area contributed by atoms with Gasteiger partial charge in [-0.1, -0.05) is 42.5 Å². The summed E-state index contributed by atoms with van der Waals surface area (Å²) >= 11 is 0. The molecule has 144 valence electrons. The van der Waals surface area contributed by atoms with E-state index in [1.54, 1.807) is 36.4 Å². The number of amides is 1. The number of rotatable bonds is 8. The molecule has 0 unspecified atom stereocenters. The minimum atomic E-state index is -2.84. The molecule has 0 bridgehead atoms. The molecule has 0 radical (unpaired) electrons. The fraction of sp³-hybridized carbons (Fsp3) is 0.136. The summed E-state index contributed by atoms with van der Waals surface area (Å²) in [6.07, 6.45) is 0.558. The van der Waals surface area contributed by atoms with Crippen LogP contribution in [0.15, 0.2) is 78.9 Å². The molecule has 0 aliphatic carbocycles. The molecule has 0 spiro atoms. The molecule has 0 saturated carbocycles. The average molecular weight is 383 g/mol. The number of carbonyl (C=O) groups excluding carboxylic acids is 1. The van der Waals surface area contributed by atoms with Crippen LogP contribution in [0.2, 0.25) is 0 Å². The van der Waals surface area contributed by atoms with E-state index in [-0.39, 0.29) is 11.7 Å². The van der Waals surface area contributed by atoms with E-state index in [1.165, 1.54) is 12.1 Å². The summed E-state index contributed by atoms with van der Waals surface area (Å²) in [6.45, 7) is -2.45. The van der Waals surface area contributed by atoms with Crippen LogP contribution >= 0.6 is 0 Å². The van der Waals surface area contributed by atoms with E-state index in [1.807, 2.05) is 30.3 Å². The largest absolute Gasteiger partial charge is 0.457 e. The highest BCUT2D eigenvalue weighted by Crippen LogP contribution is 2.25. The van der Waals surface area contributed by atoms with Gasteiger partial charge in [0.15, 0.2) is 0 Å². The molecule has 4 nitrogen and oxygen atoms in total. The molecule has 6 heteroatoms. The fourth-order valence-corrected chi connectivity index (χ4v) is 2.61. The molecule has 0 atom stereocenters. The van der Waals surface area contributed by atoms with Gasteiger partial charge in [0.2, 0.25) is 0 Å². The third-order valence-corrected chi connectivity index (χ3v) is 3.95. The van der Waals surface area contributed by atoms with Gasteiger partial charge in [0.1, 0.15) is 17.2 Å². The van der Waals surface area contributed by atoms with Crippen molar-refractivity contribution in [2.24, 2.45) is 0 Å². The van der Waals surface area contributed by atoms with Gasteiger partial charge in [-0.2, -0.15) is 8.78 Å². The van der Waals surface area contributed by atoms with Gasteiger partial charge in [-0.05, 0) is 48.4 Å². The molecule has 0 saturated heterocycles. The predicted molar refractivity (Wildman–Crippen MR) is 102 cm³/mol. The molecule has 0 aliphatic heterocycles. The van der Waals surface area contributed by atoms with Crippen LogP contribution in [0.1, 0.15) is 15.9 Å². The van der Waals surface area contributed by atoms with Gasteiger partial charge in [0, 0.05) is 6.54 Å². The number of para-hydroxylation sites is 2. The number of ether oxygens (including phenoxy) is 2. The van der Waals surface area contributed by atoms with E-state index >= 15 is 0 Å². The van der Waals surface area contributed by atoms with Crippen LogP contribution in [0.5, 0.6) is 17.2 Å². The van der Waals surface area contributed by atoms with Gasteiger partial charge in [-0.25, -0.2) is 0 Å². The summed E-state index contributed by atoms with van der Waals surface area (Å²) in [5, 5.41) is 2.85. The zero-order valence-electron chi connectivity index (χ0n) is 15.0. The van der Waals surface area contributed by atoms with E-state index < -0.39 is 6.61 Å². The molecule has 3 aromatic rings. The van der Waals surface area contributed by atoms with E-state index in [2.05, 4.69) is 10.1 Å². The number of benzene rings is 3. The monoisotopic (exact) mass is 383 g/mol. The van der Waals surface area contributed by atoms with Gasteiger partial charge in [0.25, 0.3) is 5.91 Å². The van der Waals surface area contributed by atoms with Crippen molar-refractivity contribution in [1.29, 1.82) is 0 Å². The van der Waals surface area contributed by atoms with Crippen molar-refractivity contribution in [1.82, 2.24) is 5.32 Å². The lowest BCUT2D eigenvalue weighted by Gasteiger charge is -2.11. The van der Waals surface area contributed by atoms with Crippen LogP contribution in [0.25, 0.3) is 0 Å². The molecule has 3 aromatic carbocycles. The number of nitrogens with one attached hydrogen (secondary N) is 1. The van der Waals surface area contributed by atoms with E-state index in [0.29, 0.717) is 30.0 Å². The standard InChI is InChI=1S/C22H19F2NO3/c23-22(24)28-18-12-10-16(11-13-18)14-15-25-21(26)19-8-4-5-9-20(19)27-17-6-2-1-3-7-17/h1-13,22H,14-15H2,(H,25,26). The van der Waals surface area contributed by atoms with Crippen LogP contribution in [0.3, 0.4) is 0 Å². The van der Waals surface area contributed by atoms with Crippen molar-refractivity contribution in [3.8, 4) is 17.2 Å². The normalized spacial score (nSPS) is 10.5. The van der Waals surface area contributed by atoms with Crippen molar-refractivity contribution in [2.45, 2.75) is 13.0 Å². The number of carbonyl (C=O) groups is 1. The molecule has 0 aliphatic rings. The summed E-state index contributed by atoms with van der Waals surface area (Å²) in [7, 11) is 0. The SMILES string of the molecule is O=C(NCCc1ccc(OC(F)F)cc1)c1ccccc1Oc1ccccc1. The third kappa shape index (κ3) is 5.54. The average Bonchev–Trinajstić information content (AvgIpc) is 2.70. The van der Waals surface area contributed by atoms with Gasteiger partial charge in [-0.3, -0.25) is 4.79 Å². The Kier molecular flexibility index (Phi) is 6.57. The van der Waals surface area contributed by atoms with Gasteiger partial charge in [-0.15, -0.1) is 0 Å².